The zero-order valence-electron chi connectivity index (χ0n) is 12.9. The molecule has 0 aliphatic carbocycles. The number of nitrogens with one attached hydrogen (secondary N) is 1. The van der Waals surface area contributed by atoms with Crippen molar-refractivity contribution < 1.29 is 4.74 Å². The SMILES string of the molecule is CCCCCN(C)c1ccc(CNCCOC)c(Br)c1. The summed E-state index contributed by atoms with van der Waals surface area (Å²) < 4.78 is 6.20. The molecule has 0 unspecified atom stereocenters. The second-order valence-electron chi connectivity index (χ2n) is 5.07. The van der Waals surface area contributed by atoms with E-state index < -0.39 is 0 Å². The fourth-order valence-electron chi connectivity index (χ4n) is 2.04. The highest BCUT2D eigenvalue weighted by atomic mass is 79.9. The summed E-state index contributed by atoms with van der Waals surface area (Å²) >= 11 is 3.67. The summed E-state index contributed by atoms with van der Waals surface area (Å²) in [6.45, 7) is 5.84. The molecule has 0 atom stereocenters. The van der Waals surface area contributed by atoms with Crippen LogP contribution in [-0.2, 0) is 11.3 Å². The molecule has 4 heteroatoms. The fraction of sp³-hybridized carbons (Fsp3) is 0.625. The molecule has 0 heterocycles. The molecule has 0 spiro atoms. The second-order valence-corrected chi connectivity index (χ2v) is 5.93. The van der Waals surface area contributed by atoms with Crippen molar-refractivity contribution in [3.63, 3.8) is 0 Å². The van der Waals surface area contributed by atoms with Crippen LogP contribution in [0.4, 0.5) is 5.69 Å². The topological polar surface area (TPSA) is 24.5 Å². The molecule has 1 aromatic rings. The molecule has 1 rings (SSSR count). The third kappa shape index (κ3) is 6.25. The summed E-state index contributed by atoms with van der Waals surface area (Å²) in [6.07, 6.45) is 3.82. The lowest BCUT2D eigenvalue weighted by Crippen LogP contribution is -2.20. The summed E-state index contributed by atoms with van der Waals surface area (Å²) in [6, 6.07) is 6.60. The Labute approximate surface area is 131 Å². The van der Waals surface area contributed by atoms with Gasteiger partial charge in [-0.15, -0.1) is 0 Å². The first-order valence-electron chi connectivity index (χ1n) is 7.38. The Kier molecular flexibility index (Phi) is 8.90. The largest absolute Gasteiger partial charge is 0.383 e. The molecule has 0 radical (unpaired) electrons. The van der Waals surface area contributed by atoms with Crippen LogP contribution in [0.15, 0.2) is 22.7 Å². The maximum atomic E-state index is 5.03. The molecule has 0 aromatic heterocycles. The lowest BCUT2D eigenvalue weighted by molar-refractivity contribution is 0.199. The van der Waals surface area contributed by atoms with Gasteiger partial charge >= 0.3 is 0 Å². The van der Waals surface area contributed by atoms with E-state index >= 15 is 0 Å². The van der Waals surface area contributed by atoms with E-state index in [1.807, 2.05) is 0 Å². The molecular formula is C16H27BrN2O. The average molecular weight is 343 g/mol. The third-order valence-corrected chi connectivity index (χ3v) is 4.11. The number of halogens is 1. The van der Waals surface area contributed by atoms with Gasteiger partial charge in [0.25, 0.3) is 0 Å². The van der Waals surface area contributed by atoms with Crippen molar-refractivity contribution in [3.05, 3.63) is 28.2 Å². The Morgan fingerprint density at radius 1 is 1.30 bits per heavy atom. The lowest BCUT2D eigenvalue weighted by atomic mass is 10.2. The van der Waals surface area contributed by atoms with Crippen LogP contribution in [0.2, 0.25) is 0 Å². The minimum Gasteiger partial charge on any atom is -0.383 e. The van der Waals surface area contributed by atoms with Crippen LogP contribution in [0.1, 0.15) is 31.7 Å². The van der Waals surface area contributed by atoms with Crippen molar-refractivity contribution in [3.8, 4) is 0 Å². The van der Waals surface area contributed by atoms with Gasteiger partial charge in [0.1, 0.15) is 0 Å². The summed E-state index contributed by atoms with van der Waals surface area (Å²) in [4.78, 5) is 2.32. The van der Waals surface area contributed by atoms with E-state index in [1.165, 1.54) is 35.0 Å². The standard InChI is InChI=1S/C16H27BrN2O/c1-4-5-6-10-19(2)15-8-7-14(16(17)12-15)13-18-9-11-20-3/h7-8,12,18H,4-6,9-11,13H2,1-3H3. The molecule has 0 aliphatic heterocycles. The highest BCUT2D eigenvalue weighted by Gasteiger charge is 2.05. The summed E-state index contributed by atoms with van der Waals surface area (Å²) in [5, 5.41) is 3.37. The zero-order chi connectivity index (χ0) is 14.8. The maximum Gasteiger partial charge on any atom is 0.0587 e. The molecule has 0 saturated carbocycles. The van der Waals surface area contributed by atoms with E-state index in [0.717, 1.165) is 26.2 Å². The van der Waals surface area contributed by atoms with Crippen molar-refractivity contribution in [2.24, 2.45) is 0 Å². The van der Waals surface area contributed by atoms with Crippen molar-refractivity contribution in [2.75, 3.05) is 38.8 Å². The maximum absolute atomic E-state index is 5.03. The van der Waals surface area contributed by atoms with Gasteiger partial charge in [-0.3, -0.25) is 0 Å². The molecular weight excluding hydrogens is 316 g/mol. The third-order valence-electron chi connectivity index (χ3n) is 3.37. The fourth-order valence-corrected chi connectivity index (χ4v) is 2.55. The van der Waals surface area contributed by atoms with Crippen molar-refractivity contribution in [1.29, 1.82) is 0 Å². The number of ether oxygens (including phenoxy) is 1. The molecule has 114 valence electrons. The van der Waals surface area contributed by atoms with Crippen molar-refractivity contribution in [2.45, 2.75) is 32.7 Å². The Bertz CT molecular complexity index is 385. The first-order valence-corrected chi connectivity index (χ1v) is 8.17. The lowest BCUT2D eigenvalue weighted by Gasteiger charge is -2.20. The van der Waals surface area contributed by atoms with E-state index in [9.17, 15) is 0 Å². The number of hydrogen-bond acceptors (Lipinski definition) is 3. The smallest absolute Gasteiger partial charge is 0.0587 e. The van der Waals surface area contributed by atoms with E-state index in [0.29, 0.717) is 0 Å². The molecule has 0 fully saturated rings. The van der Waals surface area contributed by atoms with Crippen LogP contribution in [0, 0.1) is 0 Å². The minimum atomic E-state index is 0.746. The van der Waals surface area contributed by atoms with Crippen LogP contribution < -0.4 is 10.2 Å². The summed E-state index contributed by atoms with van der Waals surface area (Å²) in [5.41, 5.74) is 2.56. The van der Waals surface area contributed by atoms with E-state index in [4.69, 9.17) is 4.74 Å². The van der Waals surface area contributed by atoms with Gasteiger partial charge in [-0.25, -0.2) is 0 Å². The van der Waals surface area contributed by atoms with Crippen LogP contribution in [-0.4, -0.2) is 33.9 Å². The van der Waals surface area contributed by atoms with Gasteiger partial charge in [0, 0.05) is 44.0 Å². The molecule has 20 heavy (non-hydrogen) atoms. The monoisotopic (exact) mass is 342 g/mol. The van der Waals surface area contributed by atoms with Gasteiger partial charge in [-0.05, 0) is 24.1 Å². The van der Waals surface area contributed by atoms with Gasteiger partial charge in [0.15, 0.2) is 0 Å². The quantitative estimate of drug-likeness (QED) is 0.654. The van der Waals surface area contributed by atoms with E-state index in [-0.39, 0.29) is 0 Å². The number of methoxy groups -OCH3 is 1. The number of hydrogen-bond donors (Lipinski definition) is 1. The number of benzene rings is 1. The van der Waals surface area contributed by atoms with E-state index in [2.05, 4.69) is 58.3 Å². The first kappa shape index (κ1) is 17.5. The van der Waals surface area contributed by atoms with Gasteiger partial charge in [0.05, 0.1) is 6.61 Å². The van der Waals surface area contributed by atoms with Crippen LogP contribution in [0.3, 0.4) is 0 Å². The minimum absolute atomic E-state index is 0.746. The number of nitrogens with zero attached hydrogens (tertiary/aromatic N) is 1. The number of anilines is 1. The van der Waals surface area contributed by atoms with Gasteiger partial charge < -0.3 is 15.0 Å². The average Bonchev–Trinajstić information content (AvgIpc) is 2.45. The predicted octanol–water partition coefficient (Wildman–Crippen LogP) is 3.81. The van der Waals surface area contributed by atoms with Gasteiger partial charge in [-0.1, -0.05) is 41.8 Å². The van der Waals surface area contributed by atoms with Crippen LogP contribution in [0.5, 0.6) is 0 Å². The van der Waals surface area contributed by atoms with E-state index in [1.54, 1.807) is 7.11 Å². The first-order chi connectivity index (χ1) is 9.69. The van der Waals surface area contributed by atoms with Gasteiger partial charge in [0.2, 0.25) is 0 Å². The van der Waals surface area contributed by atoms with Crippen molar-refractivity contribution >= 4 is 21.6 Å². The molecule has 0 amide bonds. The molecule has 0 bridgehead atoms. The number of rotatable bonds is 10. The predicted molar refractivity (Wildman–Crippen MR) is 90.5 cm³/mol. The molecule has 0 aliphatic rings. The zero-order valence-corrected chi connectivity index (χ0v) is 14.5. The Hall–Kier alpha value is -0.580. The Morgan fingerprint density at radius 3 is 2.75 bits per heavy atom. The summed E-state index contributed by atoms with van der Waals surface area (Å²) in [5.74, 6) is 0. The number of unbranched alkanes of at least 4 members (excludes halogenated alkanes) is 2. The molecule has 0 saturated heterocycles. The van der Waals surface area contributed by atoms with Gasteiger partial charge in [-0.2, -0.15) is 0 Å². The molecule has 3 nitrogen and oxygen atoms in total. The molecule has 1 N–H and O–H groups in total. The van der Waals surface area contributed by atoms with Crippen LogP contribution >= 0.6 is 15.9 Å². The molecule has 1 aromatic carbocycles. The van der Waals surface area contributed by atoms with Crippen molar-refractivity contribution in [1.82, 2.24) is 5.32 Å². The second kappa shape index (κ2) is 10.2. The normalized spacial score (nSPS) is 10.8. The Balaban J connectivity index is 2.49. The highest BCUT2D eigenvalue weighted by Crippen LogP contribution is 2.23. The van der Waals surface area contributed by atoms with Crippen LogP contribution in [0.25, 0.3) is 0 Å². The summed E-state index contributed by atoms with van der Waals surface area (Å²) in [7, 11) is 3.88. The highest BCUT2D eigenvalue weighted by molar-refractivity contribution is 9.10. The Morgan fingerprint density at radius 2 is 2.10 bits per heavy atom.